The van der Waals surface area contributed by atoms with Gasteiger partial charge >= 0.3 is 0 Å². The molecule has 1 aromatic heterocycles. The zero-order valence-corrected chi connectivity index (χ0v) is 13.4. The third-order valence-electron chi connectivity index (χ3n) is 5.04. The van der Waals surface area contributed by atoms with Crippen molar-refractivity contribution in [3.05, 3.63) is 11.1 Å². The van der Waals surface area contributed by atoms with E-state index in [0.717, 1.165) is 18.5 Å². The maximum absolute atomic E-state index is 12.4. The van der Waals surface area contributed by atoms with Crippen LogP contribution in [0.25, 0.3) is 0 Å². The number of nitrogens with one attached hydrogen (secondary N) is 1. The average molecular weight is 319 g/mol. The molecule has 4 rings (SSSR count). The van der Waals surface area contributed by atoms with Crippen molar-refractivity contribution in [2.75, 3.05) is 11.9 Å². The molecular weight excluding hydrogens is 298 g/mol. The Morgan fingerprint density at radius 2 is 2.05 bits per heavy atom. The summed E-state index contributed by atoms with van der Waals surface area (Å²) in [5, 5.41) is 5.63. The van der Waals surface area contributed by atoms with Crippen molar-refractivity contribution < 1.29 is 9.59 Å². The third kappa shape index (κ3) is 2.76. The highest BCUT2D eigenvalue weighted by Crippen LogP contribution is 2.41. The highest BCUT2D eigenvalue weighted by Gasteiger charge is 2.38. The highest BCUT2D eigenvalue weighted by atomic mass is 32.1. The smallest absolute Gasteiger partial charge is 0.231 e. The first kappa shape index (κ1) is 14.2. The highest BCUT2D eigenvalue weighted by molar-refractivity contribution is 7.13. The van der Waals surface area contributed by atoms with Crippen molar-refractivity contribution in [1.29, 1.82) is 0 Å². The molecule has 1 N–H and O–H groups in total. The largest absolute Gasteiger partial charge is 0.339 e. The number of carbonyl (C=O) groups is 2. The topological polar surface area (TPSA) is 62.3 Å². The van der Waals surface area contributed by atoms with Crippen LogP contribution in [0.3, 0.4) is 0 Å². The van der Waals surface area contributed by atoms with E-state index < -0.39 is 0 Å². The van der Waals surface area contributed by atoms with Crippen LogP contribution in [-0.2, 0) is 9.59 Å². The van der Waals surface area contributed by atoms with E-state index in [1.807, 2.05) is 10.3 Å². The first-order valence-corrected chi connectivity index (χ1v) is 9.14. The lowest BCUT2D eigenvalue weighted by Gasteiger charge is -2.23. The number of carbonyl (C=O) groups excluding carboxylic acids is 2. The first-order chi connectivity index (χ1) is 10.7. The number of nitrogens with zero attached hydrogens (tertiary/aromatic N) is 2. The molecule has 1 atom stereocenters. The van der Waals surface area contributed by atoms with Gasteiger partial charge in [-0.05, 0) is 25.7 Å². The normalized spacial score (nSPS) is 25.9. The fourth-order valence-electron chi connectivity index (χ4n) is 3.59. The molecule has 3 aliphatic rings. The van der Waals surface area contributed by atoms with Crippen LogP contribution in [0.15, 0.2) is 5.38 Å². The van der Waals surface area contributed by atoms with Gasteiger partial charge in [-0.2, -0.15) is 0 Å². The molecule has 0 aromatic carbocycles. The van der Waals surface area contributed by atoms with Gasteiger partial charge in [0.25, 0.3) is 0 Å². The van der Waals surface area contributed by atoms with E-state index in [1.165, 1.54) is 37.0 Å². The third-order valence-corrected chi connectivity index (χ3v) is 5.82. The van der Waals surface area contributed by atoms with E-state index in [1.54, 1.807) is 0 Å². The van der Waals surface area contributed by atoms with Crippen LogP contribution in [0.5, 0.6) is 0 Å². The van der Waals surface area contributed by atoms with Crippen LogP contribution >= 0.6 is 11.3 Å². The van der Waals surface area contributed by atoms with Gasteiger partial charge in [0.1, 0.15) is 0 Å². The summed E-state index contributed by atoms with van der Waals surface area (Å²) in [6.07, 6.45) is 7.37. The molecule has 1 saturated heterocycles. The van der Waals surface area contributed by atoms with Gasteiger partial charge in [-0.25, -0.2) is 4.98 Å². The predicted octanol–water partition coefficient (Wildman–Crippen LogP) is 2.75. The van der Waals surface area contributed by atoms with E-state index in [4.69, 9.17) is 0 Å². The summed E-state index contributed by atoms with van der Waals surface area (Å²) in [7, 11) is 0. The maximum Gasteiger partial charge on any atom is 0.231 e. The summed E-state index contributed by atoms with van der Waals surface area (Å²) in [4.78, 5) is 31.0. The van der Waals surface area contributed by atoms with E-state index in [0.29, 0.717) is 30.1 Å². The quantitative estimate of drug-likeness (QED) is 0.928. The molecular formula is C16H21N3O2S. The molecule has 22 heavy (non-hydrogen) atoms. The molecule has 0 spiro atoms. The molecule has 2 heterocycles. The van der Waals surface area contributed by atoms with Crippen molar-refractivity contribution in [3.8, 4) is 0 Å². The van der Waals surface area contributed by atoms with Gasteiger partial charge in [0, 0.05) is 30.3 Å². The molecule has 1 unspecified atom stereocenters. The lowest BCUT2D eigenvalue weighted by atomic mass is 10.1. The number of thiazole rings is 1. The van der Waals surface area contributed by atoms with Gasteiger partial charge < -0.3 is 10.2 Å². The van der Waals surface area contributed by atoms with E-state index in [-0.39, 0.29) is 17.7 Å². The lowest BCUT2D eigenvalue weighted by molar-refractivity contribution is -0.129. The molecule has 6 heteroatoms. The first-order valence-electron chi connectivity index (χ1n) is 8.26. The second-order valence-corrected chi connectivity index (χ2v) is 7.58. The SMILES string of the molecule is O=C(Nc1nc(C2CC2)cs1)C1CC(=O)N(C2CCCC2)C1. The number of likely N-dealkylation sites (tertiary alicyclic amines) is 1. The Balaban J connectivity index is 1.36. The Labute approximate surface area is 134 Å². The summed E-state index contributed by atoms with van der Waals surface area (Å²) in [5.41, 5.74) is 1.11. The van der Waals surface area contributed by atoms with Gasteiger partial charge in [-0.1, -0.05) is 12.8 Å². The maximum atomic E-state index is 12.4. The second kappa shape index (κ2) is 5.65. The summed E-state index contributed by atoms with van der Waals surface area (Å²) in [6, 6.07) is 0.367. The molecule has 0 radical (unpaired) electrons. The van der Waals surface area contributed by atoms with Crippen LogP contribution in [-0.4, -0.2) is 34.3 Å². The zero-order chi connectivity index (χ0) is 15.1. The van der Waals surface area contributed by atoms with Crippen LogP contribution < -0.4 is 5.32 Å². The second-order valence-electron chi connectivity index (χ2n) is 6.73. The zero-order valence-electron chi connectivity index (χ0n) is 12.6. The predicted molar refractivity (Wildman–Crippen MR) is 84.8 cm³/mol. The van der Waals surface area contributed by atoms with Gasteiger partial charge in [0.05, 0.1) is 11.6 Å². The fourth-order valence-corrected chi connectivity index (χ4v) is 4.39. The van der Waals surface area contributed by atoms with Crippen LogP contribution in [0.1, 0.15) is 56.6 Å². The molecule has 1 aromatic rings. The number of anilines is 1. The number of rotatable bonds is 4. The van der Waals surface area contributed by atoms with E-state index in [2.05, 4.69) is 10.3 Å². The lowest BCUT2D eigenvalue weighted by Crippen LogP contribution is -2.35. The van der Waals surface area contributed by atoms with Crippen molar-refractivity contribution in [2.45, 2.75) is 56.9 Å². The number of hydrogen-bond donors (Lipinski definition) is 1. The standard InChI is InChI=1S/C16H21N3O2S/c20-14-7-11(8-19(14)12-3-1-2-4-12)15(21)18-16-17-13(9-22-16)10-5-6-10/h9-12H,1-8H2,(H,17,18,21). The van der Waals surface area contributed by atoms with Crippen molar-refractivity contribution in [1.82, 2.24) is 9.88 Å². The Morgan fingerprint density at radius 3 is 2.77 bits per heavy atom. The van der Waals surface area contributed by atoms with E-state index >= 15 is 0 Å². The van der Waals surface area contributed by atoms with Gasteiger partial charge in [-0.15, -0.1) is 11.3 Å². The molecule has 2 saturated carbocycles. The van der Waals surface area contributed by atoms with Crippen LogP contribution in [0.2, 0.25) is 0 Å². The minimum atomic E-state index is -0.221. The molecule has 2 aliphatic carbocycles. The Kier molecular flexibility index (Phi) is 3.64. The van der Waals surface area contributed by atoms with Crippen LogP contribution in [0.4, 0.5) is 5.13 Å². The molecule has 1 aliphatic heterocycles. The van der Waals surface area contributed by atoms with Crippen molar-refractivity contribution in [2.24, 2.45) is 5.92 Å². The van der Waals surface area contributed by atoms with Gasteiger partial charge in [0.15, 0.2) is 5.13 Å². The minimum Gasteiger partial charge on any atom is -0.339 e. The molecule has 0 bridgehead atoms. The Hall–Kier alpha value is -1.43. The van der Waals surface area contributed by atoms with Gasteiger partial charge in [-0.3, -0.25) is 9.59 Å². The Morgan fingerprint density at radius 1 is 1.27 bits per heavy atom. The minimum absolute atomic E-state index is 0.0504. The summed E-state index contributed by atoms with van der Waals surface area (Å²) in [5.74, 6) is 0.476. The number of amides is 2. The van der Waals surface area contributed by atoms with Crippen molar-refractivity contribution in [3.63, 3.8) is 0 Å². The summed E-state index contributed by atoms with van der Waals surface area (Å²) in [6.45, 7) is 0.580. The van der Waals surface area contributed by atoms with Crippen LogP contribution in [0, 0.1) is 5.92 Å². The monoisotopic (exact) mass is 319 g/mol. The van der Waals surface area contributed by atoms with E-state index in [9.17, 15) is 9.59 Å². The average Bonchev–Trinajstić information content (AvgIpc) is 2.93. The Bertz CT molecular complexity index is 590. The number of hydrogen-bond acceptors (Lipinski definition) is 4. The molecule has 2 amide bonds. The fraction of sp³-hybridized carbons (Fsp3) is 0.688. The molecule has 5 nitrogen and oxygen atoms in total. The summed E-state index contributed by atoms with van der Waals surface area (Å²) >= 11 is 1.49. The van der Waals surface area contributed by atoms with Crippen molar-refractivity contribution >= 4 is 28.3 Å². The number of aromatic nitrogens is 1. The molecule has 118 valence electrons. The summed E-state index contributed by atoms with van der Waals surface area (Å²) < 4.78 is 0. The molecule has 3 fully saturated rings. The van der Waals surface area contributed by atoms with Gasteiger partial charge in [0.2, 0.25) is 11.8 Å².